The second-order valence-corrected chi connectivity index (χ2v) is 6.98. The summed E-state index contributed by atoms with van der Waals surface area (Å²) in [6.07, 6.45) is 6.02. The molecule has 26 heavy (non-hydrogen) atoms. The summed E-state index contributed by atoms with van der Waals surface area (Å²) in [5.74, 6) is 0.382. The Labute approximate surface area is 166 Å². The Morgan fingerprint density at radius 1 is 1.12 bits per heavy atom. The lowest BCUT2D eigenvalue weighted by Crippen LogP contribution is -2.47. The van der Waals surface area contributed by atoms with Gasteiger partial charge in [0.15, 0.2) is 12.4 Å². The van der Waals surface area contributed by atoms with Crippen LogP contribution in [-0.4, -0.2) is 17.4 Å². The second kappa shape index (κ2) is 9.79. The van der Waals surface area contributed by atoms with Crippen LogP contribution < -0.4 is 4.57 Å². The Bertz CT molecular complexity index is 770. The first-order valence-corrected chi connectivity index (χ1v) is 9.82. The quantitative estimate of drug-likeness (QED) is 0.211. The summed E-state index contributed by atoms with van der Waals surface area (Å²) in [7, 11) is 0. The van der Waals surface area contributed by atoms with Crippen molar-refractivity contribution in [1.29, 1.82) is 0 Å². The van der Waals surface area contributed by atoms with Crippen LogP contribution in [0.15, 0.2) is 53.8 Å². The largest absolute Gasteiger partial charge is 0.758 e. The summed E-state index contributed by atoms with van der Waals surface area (Å²) in [5.41, 5.74) is 1.73. The highest BCUT2D eigenvalue weighted by Crippen LogP contribution is 2.23. The van der Waals surface area contributed by atoms with Crippen LogP contribution in [0.1, 0.15) is 61.5 Å². The third-order valence-corrected chi connectivity index (χ3v) is 5.25. The van der Waals surface area contributed by atoms with Crippen LogP contribution in [0, 0.1) is 0 Å². The van der Waals surface area contributed by atoms with Crippen LogP contribution in [0.2, 0.25) is 5.02 Å². The summed E-state index contributed by atoms with van der Waals surface area (Å²) >= 11 is 11.7. The van der Waals surface area contributed by atoms with Crippen LogP contribution in [0.5, 0.6) is 0 Å². The van der Waals surface area contributed by atoms with E-state index in [0.717, 1.165) is 12.8 Å². The summed E-state index contributed by atoms with van der Waals surface area (Å²) in [4.78, 5) is 17.5. The predicted octanol–water partition coefficient (Wildman–Crippen LogP) is 4.92. The number of aliphatic imine (C=N–C) groups is 1. The molecule has 1 aromatic heterocycles. The molecule has 1 atom stereocenters. The highest BCUT2D eigenvalue weighted by atomic mass is 35.5. The van der Waals surface area contributed by atoms with E-state index in [4.69, 9.17) is 24.2 Å². The third-order valence-electron chi connectivity index (χ3n) is 4.57. The van der Waals surface area contributed by atoms with Crippen molar-refractivity contribution < 1.29 is 9.36 Å². The first-order chi connectivity index (χ1) is 12.5. The van der Waals surface area contributed by atoms with Gasteiger partial charge in [0, 0.05) is 24.2 Å². The lowest BCUT2D eigenvalue weighted by Gasteiger charge is -2.19. The summed E-state index contributed by atoms with van der Waals surface area (Å²) in [6, 6.07) is 10.5. The Morgan fingerprint density at radius 3 is 2.27 bits per heavy atom. The number of benzene rings is 1. The first-order valence-electron chi connectivity index (χ1n) is 9.04. The maximum Gasteiger partial charge on any atom is 0.237 e. The second-order valence-electron chi connectivity index (χ2n) is 6.15. The molecule has 0 aliphatic heterocycles. The van der Waals surface area contributed by atoms with Gasteiger partial charge in [-0.25, -0.2) is 0 Å². The van der Waals surface area contributed by atoms with Crippen LogP contribution in [0.25, 0.3) is 0 Å². The van der Waals surface area contributed by atoms with Crippen molar-refractivity contribution in [1.82, 2.24) is 0 Å². The lowest BCUT2D eigenvalue weighted by atomic mass is 9.95. The molecule has 0 aliphatic carbocycles. The van der Waals surface area contributed by atoms with Crippen LogP contribution in [-0.2, 0) is 12.6 Å². The number of carbonyl (C=O) groups is 1. The fourth-order valence-corrected chi connectivity index (χ4v) is 3.67. The zero-order valence-electron chi connectivity index (χ0n) is 15.5. The fraction of sp³-hybridized carbons (Fsp3) is 0.381. The average Bonchev–Trinajstić information content (AvgIpc) is 2.64. The summed E-state index contributed by atoms with van der Waals surface area (Å²) in [6.45, 7) is 6.82. The minimum absolute atomic E-state index is 0.141. The van der Waals surface area contributed by atoms with Crippen molar-refractivity contribution in [2.45, 2.75) is 45.6 Å². The van der Waals surface area contributed by atoms with Crippen molar-refractivity contribution in [2.75, 3.05) is 6.54 Å². The van der Waals surface area contributed by atoms with Crippen LogP contribution in [0.4, 0.5) is 0 Å². The predicted molar refractivity (Wildman–Crippen MR) is 110 cm³/mol. The molecule has 0 radical (unpaired) electrons. The molecule has 0 N–H and O–H groups in total. The highest BCUT2D eigenvalue weighted by Gasteiger charge is 2.29. The van der Waals surface area contributed by atoms with Gasteiger partial charge >= 0.3 is 0 Å². The van der Waals surface area contributed by atoms with Gasteiger partial charge in [-0.05, 0) is 48.4 Å². The fourth-order valence-electron chi connectivity index (χ4n) is 3.08. The van der Waals surface area contributed by atoms with Crippen molar-refractivity contribution >= 4 is 35.1 Å². The number of carbonyl (C=O) groups excluding carboxylic acids is 1. The number of nitrogens with zero attached hydrogens (tertiary/aromatic N) is 2. The smallest absolute Gasteiger partial charge is 0.237 e. The van der Waals surface area contributed by atoms with E-state index in [1.165, 1.54) is 5.56 Å². The van der Waals surface area contributed by atoms with E-state index in [2.05, 4.69) is 31.0 Å². The Hall–Kier alpha value is -1.78. The Kier molecular flexibility index (Phi) is 7.73. The number of halogens is 1. The summed E-state index contributed by atoms with van der Waals surface area (Å²) in [5, 5.41) is 0.800. The van der Waals surface area contributed by atoms with Crippen LogP contribution in [0.3, 0.4) is 0 Å². The minimum Gasteiger partial charge on any atom is -0.758 e. The van der Waals surface area contributed by atoms with E-state index >= 15 is 0 Å². The molecule has 0 fully saturated rings. The molecule has 0 amide bonds. The van der Waals surface area contributed by atoms with Gasteiger partial charge in [0.2, 0.25) is 11.8 Å². The zero-order valence-corrected chi connectivity index (χ0v) is 17.1. The van der Waals surface area contributed by atoms with Gasteiger partial charge in [0.25, 0.3) is 0 Å². The van der Waals surface area contributed by atoms with E-state index in [0.29, 0.717) is 28.1 Å². The SMILES string of the molecule is CCN=C([S-])[C@@H](C(=O)c1ccccc1Cl)[n+]1ccc(C(CC)CC)cc1. The molecule has 0 spiro atoms. The van der Waals surface area contributed by atoms with Crippen molar-refractivity contribution in [3.63, 3.8) is 0 Å². The number of hydrogen-bond acceptors (Lipinski definition) is 3. The van der Waals surface area contributed by atoms with Gasteiger partial charge in [-0.3, -0.25) is 4.79 Å². The van der Waals surface area contributed by atoms with Gasteiger partial charge in [-0.2, -0.15) is 4.57 Å². The Morgan fingerprint density at radius 2 is 1.73 bits per heavy atom. The number of ketones is 1. The molecule has 2 rings (SSSR count). The molecule has 1 heterocycles. The molecule has 0 aliphatic rings. The number of hydrogen-bond donors (Lipinski definition) is 0. The number of aromatic nitrogens is 1. The van der Waals surface area contributed by atoms with Crippen molar-refractivity contribution in [3.8, 4) is 0 Å². The molecule has 0 bridgehead atoms. The number of rotatable bonds is 8. The van der Waals surface area contributed by atoms with E-state index in [9.17, 15) is 4.79 Å². The van der Waals surface area contributed by atoms with Gasteiger partial charge in [-0.1, -0.05) is 37.6 Å². The normalized spacial score (nSPS) is 13.0. The molecule has 5 heteroatoms. The minimum atomic E-state index is -0.666. The molecule has 0 saturated carbocycles. The third kappa shape index (κ3) is 4.68. The molecule has 138 valence electrons. The van der Waals surface area contributed by atoms with Gasteiger partial charge in [0.1, 0.15) is 0 Å². The molecule has 2 aromatic rings. The van der Waals surface area contributed by atoms with Crippen LogP contribution >= 0.6 is 11.6 Å². The number of pyridine rings is 1. The first kappa shape index (κ1) is 20.5. The topological polar surface area (TPSA) is 33.3 Å². The van der Waals surface area contributed by atoms with E-state index < -0.39 is 6.04 Å². The maximum absolute atomic E-state index is 13.2. The standard InChI is InChI=1S/C21H25ClN2OS/c1-4-15(5-2)16-11-13-24(14-12-16)19(21(26)23-6-3)20(25)17-9-7-8-10-18(17)22/h7-15,19H,4-6H2,1-3H3/t19-/m1/s1. The average molecular weight is 389 g/mol. The Balaban J connectivity index is 2.44. The molecule has 0 unspecified atom stereocenters. The maximum atomic E-state index is 13.2. The lowest BCUT2D eigenvalue weighted by molar-refractivity contribution is -0.692. The molecule has 3 nitrogen and oxygen atoms in total. The van der Waals surface area contributed by atoms with E-state index in [-0.39, 0.29) is 5.78 Å². The molecule has 1 aromatic carbocycles. The van der Waals surface area contributed by atoms with Gasteiger partial charge < -0.3 is 17.6 Å². The summed E-state index contributed by atoms with van der Waals surface area (Å²) < 4.78 is 1.83. The van der Waals surface area contributed by atoms with Crippen molar-refractivity contribution in [2.24, 2.45) is 4.99 Å². The monoisotopic (exact) mass is 388 g/mol. The van der Waals surface area contributed by atoms with E-state index in [1.54, 1.807) is 24.3 Å². The number of Topliss-reactive ketones (excluding diaryl/α,β-unsaturated/α-hetero) is 1. The van der Waals surface area contributed by atoms with Gasteiger partial charge in [-0.15, -0.1) is 0 Å². The van der Waals surface area contributed by atoms with E-state index in [1.807, 2.05) is 23.9 Å². The van der Waals surface area contributed by atoms with Crippen molar-refractivity contribution in [3.05, 3.63) is 64.9 Å². The molecule has 0 saturated heterocycles. The molecular weight excluding hydrogens is 364 g/mol. The molecular formula is C21H25ClN2OS. The zero-order chi connectivity index (χ0) is 19.1. The van der Waals surface area contributed by atoms with Gasteiger partial charge in [0.05, 0.1) is 5.02 Å². The highest BCUT2D eigenvalue weighted by molar-refractivity contribution is 7.77.